The van der Waals surface area contributed by atoms with Crippen LogP contribution in [0.1, 0.15) is 22.1 Å². The minimum absolute atomic E-state index is 0.318. The lowest BCUT2D eigenvalue weighted by atomic mass is 9.99. The van der Waals surface area contributed by atoms with E-state index in [2.05, 4.69) is 0 Å². The maximum Gasteiger partial charge on any atom is 0.161 e. The van der Waals surface area contributed by atoms with E-state index in [-0.39, 0.29) is 5.82 Å². The predicted molar refractivity (Wildman–Crippen MR) is 78.4 cm³/mol. The van der Waals surface area contributed by atoms with Gasteiger partial charge < -0.3 is 9.47 Å². The molecule has 0 bridgehead atoms. The normalized spacial score (nSPS) is 12.1. The van der Waals surface area contributed by atoms with Gasteiger partial charge >= 0.3 is 0 Å². The number of hydrogen-bond donors (Lipinski definition) is 0. The topological polar surface area (TPSA) is 18.5 Å². The van der Waals surface area contributed by atoms with E-state index in [4.69, 9.17) is 21.1 Å². The van der Waals surface area contributed by atoms with E-state index in [1.807, 2.05) is 13.0 Å². The molecule has 0 amide bonds. The molecule has 0 aliphatic heterocycles. The highest BCUT2D eigenvalue weighted by Gasteiger charge is 2.19. The molecule has 0 fully saturated rings. The number of methoxy groups -OCH3 is 2. The number of rotatable bonds is 4. The van der Waals surface area contributed by atoms with Gasteiger partial charge in [-0.1, -0.05) is 18.2 Å². The molecule has 106 valence electrons. The molecular formula is C16H16ClFO2. The fourth-order valence-corrected chi connectivity index (χ4v) is 2.53. The summed E-state index contributed by atoms with van der Waals surface area (Å²) in [7, 11) is 3.13. The SMILES string of the molecule is COc1cc(C)c(C(Cl)c2ccccc2F)cc1OC. The Morgan fingerprint density at radius 1 is 1.00 bits per heavy atom. The van der Waals surface area contributed by atoms with Crippen LogP contribution in [-0.4, -0.2) is 14.2 Å². The van der Waals surface area contributed by atoms with Gasteiger partial charge in [-0.25, -0.2) is 4.39 Å². The largest absolute Gasteiger partial charge is 0.493 e. The molecule has 2 nitrogen and oxygen atoms in total. The number of aryl methyl sites for hydroxylation is 1. The van der Waals surface area contributed by atoms with Gasteiger partial charge in [0, 0.05) is 5.56 Å². The lowest BCUT2D eigenvalue weighted by Gasteiger charge is -2.17. The predicted octanol–water partition coefficient (Wildman–Crippen LogP) is 4.48. The van der Waals surface area contributed by atoms with E-state index in [1.54, 1.807) is 38.5 Å². The average molecular weight is 295 g/mol. The van der Waals surface area contributed by atoms with Crippen LogP contribution in [0, 0.1) is 12.7 Å². The Balaban J connectivity index is 2.50. The Morgan fingerprint density at radius 3 is 2.20 bits per heavy atom. The Kier molecular flexibility index (Phi) is 4.50. The highest BCUT2D eigenvalue weighted by Crippen LogP contribution is 2.38. The molecule has 2 aromatic carbocycles. The molecule has 0 aliphatic rings. The summed E-state index contributed by atoms with van der Waals surface area (Å²) in [5.41, 5.74) is 2.17. The van der Waals surface area contributed by atoms with Gasteiger partial charge in [0.2, 0.25) is 0 Å². The highest BCUT2D eigenvalue weighted by molar-refractivity contribution is 6.22. The number of hydrogen-bond acceptors (Lipinski definition) is 2. The maximum atomic E-state index is 13.8. The summed E-state index contributed by atoms with van der Waals surface area (Å²) in [6.45, 7) is 1.91. The van der Waals surface area contributed by atoms with Crippen LogP contribution in [-0.2, 0) is 0 Å². The molecule has 1 atom stereocenters. The van der Waals surface area contributed by atoms with Crippen molar-refractivity contribution in [3.63, 3.8) is 0 Å². The van der Waals surface area contributed by atoms with Crippen LogP contribution in [0.25, 0.3) is 0 Å². The van der Waals surface area contributed by atoms with Gasteiger partial charge in [0.15, 0.2) is 11.5 Å². The third kappa shape index (κ3) is 2.73. The molecule has 0 heterocycles. The first-order valence-electron chi connectivity index (χ1n) is 6.19. The summed E-state index contributed by atoms with van der Waals surface area (Å²) < 4.78 is 24.4. The molecule has 0 saturated carbocycles. The fourth-order valence-electron chi connectivity index (χ4n) is 2.12. The molecule has 0 spiro atoms. The molecule has 1 unspecified atom stereocenters. The van der Waals surface area contributed by atoms with Gasteiger partial charge in [-0.15, -0.1) is 11.6 Å². The summed E-state index contributed by atoms with van der Waals surface area (Å²) in [6, 6.07) is 10.1. The van der Waals surface area contributed by atoms with Crippen LogP contribution in [0.5, 0.6) is 11.5 Å². The second kappa shape index (κ2) is 6.14. The van der Waals surface area contributed by atoms with E-state index in [9.17, 15) is 4.39 Å². The second-order valence-corrected chi connectivity index (χ2v) is 4.88. The summed E-state index contributed by atoms with van der Waals surface area (Å²) in [5.74, 6) is 0.892. The van der Waals surface area contributed by atoms with Gasteiger partial charge in [0.05, 0.1) is 19.6 Å². The number of benzene rings is 2. The molecule has 2 aromatic rings. The van der Waals surface area contributed by atoms with Crippen molar-refractivity contribution >= 4 is 11.6 Å². The van der Waals surface area contributed by atoms with Crippen LogP contribution < -0.4 is 9.47 Å². The molecule has 0 aliphatic carbocycles. The first kappa shape index (κ1) is 14.7. The Labute approximate surface area is 123 Å². The van der Waals surface area contributed by atoms with E-state index in [0.29, 0.717) is 17.1 Å². The van der Waals surface area contributed by atoms with Crippen molar-refractivity contribution in [2.45, 2.75) is 12.3 Å². The van der Waals surface area contributed by atoms with Gasteiger partial charge in [-0.05, 0) is 36.2 Å². The molecule has 0 radical (unpaired) electrons. The molecule has 4 heteroatoms. The van der Waals surface area contributed by atoms with Crippen molar-refractivity contribution < 1.29 is 13.9 Å². The number of halogens is 2. The standard InChI is InChI=1S/C16H16ClFO2/c1-10-8-14(19-2)15(20-3)9-12(10)16(17)11-6-4-5-7-13(11)18/h4-9,16H,1-3H3. The first-order valence-corrected chi connectivity index (χ1v) is 6.63. The summed E-state index contributed by atoms with van der Waals surface area (Å²) in [6.07, 6.45) is 0. The van der Waals surface area contributed by atoms with Crippen molar-refractivity contribution in [2.24, 2.45) is 0 Å². The number of alkyl halides is 1. The van der Waals surface area contributed by atoms with Crippen molar-refractivity contribution in [1.82, 2.24) is 0 Å². The van der Waals surface area contributed by atoms with E-state index in [1.165, 1.54) is 6.07 Å². The highest BCUT2D eigenvalue weighted by atomic mass is 35.5. The number of ether oxygens (including phenoxy) is 2. The van der Waals surface area contributed by atoms with E-state index >= 15 is 0 Å². The summed E-state index contributed by atoms with van der Waals surface area (Å²) in [5, 5.41) is -0.573. The zero-order chi connectivity index (χ0) is 14.7. The second-order valence-electron chi connectivity index (χ2n) is 4.45. The monoisotopic (exact) mass is 294 g/mol. The van der Waals surface area contributed by atoms with Gasteiger partial charge in [0.25, 0.3) is 0 Å². The minimum atomic E-state index is -0.573. The smallest absolute Gasteiger partial charge is 0.161 e. The lowest BCUT2D eigenvalue weighted by Crippen LogP contribution is -2.01. The third-order valence-electron chi connectivity index (χ3n) is 3.22. The van der Waals surface area contributed by atoms with E-state index < -0.39 is 5.38 Å². The lowest BCUT2D eigenvalue weighted by molar-refractivity contribution is 0.354. The molecular weight excluding hydrogens is 279 g/mol. The molecule has 0 N–H and O–H groups in total. The van der Waals surface area contributed by atoms with Crippen molar-refractivity contribution in [3.05, 3.63) is 58.9 Å². The van der Waals surface area contributed by atoms with Crippen molar-refractivity contribution in [1.29, 1.82) is 0 Å². The molecule has 0 saturated heterocycles. The fraction of sp³-hybridized carbons (Fsp3) is 0.250. The zero-order valence-electron chi connectivity index (χ0n) is 11.6. The van der Waals surface area contributed by atoms with Crippen LogP contribution in [0.15, 0.2) is 36.4 Å². The van der Waals surface area contributed by atoms with Crippen LogP contribution >= 0.6 is 11.6 Å². The zero-order valence-corrected chi connectivity index (χ0v) is 12.4. The van der Waals surface area contributed by atoms with Crippen LogP contribution in [0.4, 0.5) is 4.39 Å². The molecule has 0 aromatic heterocycles. The van der Waals surface area contributed by atoms with Crippen LogP contribution in [0.2, 0.25) is 0 Å². The Bertz CT molecular complexity index is 613. The third-order valence-corrected chi connectivity index (χ3v) is 3.69. The van der Waals surface area contributed by atoms with E-state index in [0.717, 1.165) is 11.1 Å². The Hall–Kier alpha value is -1.74. The average Bonchev–Trinajstić information content (AvgIpc) is 2.46. The van der Waals surface area contributed by atoms with Gasteiger partial charge in [-0.3, -0.25) is 0 Å². The van der Waals surface area contributed by atoms with Gasteiger partial charge in [0.1, 0.15) is 5.82 Å². The Morgan fingerprint density at radius 2 is 1.60 bits per heavy atom. The first-order chi connectivity index (χ1) is 9.58. The molecule has 20 heavy (non-hydrogen) atoms. The summed E-state index contributed by atoms with van der Waals surface area (Å²) >= 11 is 6.43. The quantitative estimate of drug-likeness (QED) is 0.774. The van der Waals surface area contributed by atoms with Crippen molar-refractivity contribution in [3.8, 4) is 11.5 Å². The molecule has 2 rings (SSSR count). The maximum absolute atomic E-state index is 13.8. The van der Waals surface area contributed by atoms with Gasteiger partial charge in [-0.2, -0.15) is 0 Å². The van der Waals surface area contributed by atoms with Crippen LogP contribution in [0.3, 0.4) is 0 Å². The minimum Gasteiger partial charge on any atom is -0.493 e. The summed E-state index contributed by atoms with van der Waals surface area (Å²) in [4.78, 5) is 0. The van der Waals surface area contributed by atoms with Crippen molar-refractivity contribution in [2.75, 3.05) is 14.2 Å².